The monoisotopic (exact) mass is 434 g/mol. The number of carbonyl (C=O) groups is 1. The summed E-state index contributed by atoms with van der Waals surface area (Å²) in [5, 5.41) is 7.33. The van der Waals surface area contributed by atoms with Gasteiger partial charge in [0.05, 0.1) is 29.8 Å². The molecule has 0 saturated carbocycles. The van der Waals surface area contributed by atoms with E-state index in [1.807, 2.05) is 13.0 Å². The molecule has 162 valence electrons. The van der Waals surface area contributed by atoms with Crippen LogP contribution in [0.15, 0.2) is 30.3 Å². The van der Waals surface area contributed by atoms with Crippen molar-refractivity contribution in [3.8, 4) is 0 Å². The third kappa shape index (κ3) is 4.89. The van der Waals surface area contributed by atoms with E-state index in [4.69, 9.17) is 0 Å². The van der Waals surface area contributed by atoms with Crippen molar-refractivity contribution in [1.82, 2.24) is 14.7 Å². The number of benzene rings is 1. The van der Waals surface area contributed by atoms with Gasteiger partial charge in [-0.1, -0.05) is 12.1 Å². The summed E-state index contributed by atoms with van der Waals surface area (Å²) in [6, 6.07) is 8.34. The summed E-state index contributed by atoms with van der Waals surface area (Å²) >= 11 is 0. The van der Waals surface area contributed by atoms with Gasteiger partial charge in [0.15, 0.2) is 9.84 Å². The molecule has 4 rings (SSSR count). The van der Waals surface area contributed by atoms with Crippen molar-refractivity contribution in [2.45, 2.75) is 44.7 Å². The lowest BCUT2D eigenvalue weighted by molar-refractivity contribution is -0.117. The predicted octanol–water partition coefficient (Wildman–Crippen LogP) is 2.34. The Bertz CT molecular complexity index is 1040. The topological polar surface area (TPSA) is 84.3 Å². The zero-order chi connectivity index (χ0) is 21.3. The number of nitrogens with zero attached hydrogens (tertiary/aromatic N) is 3. The fourth-order valence-corrected chi connectivity index (χ4v) is 6.19. The molecule has 2 saturated heterocycles. The molecular weight excluding hydrogens is 407 g/mol. The molecule has 1 N–H and O–H groups in total. The smallest absolute Gasteiger partial charge is 0.239 e. The van der Waals surface area contributed by atoms with Gasteiger partial charge in [-0.25, -0.2) is 17.5 Å². The van der Waals surface area contributed by atoms with Crippen LogP contribution in [0.2, 0.25) is 0 Å². The molecule has 2 fully saturated rings. The Morgan fingerprint density at radius 1 is 1.30 bits per heavy atom. The molecule has 1 amide bonds. The molecule has 2 atom stereocenters. The Balaban J connectivity index is 1.40. The minimum Gasteiger partial charge on any atom is -0.310 e. The number of sulfone groups is 1. The first kappa shape index (κ1) is 21.0. The average Bonchev–Trinajstić information content (AvgIpc) is 3.34. The molecule has 7 nitrogen and oxygen atoms in total. The maximum Gasteiger partial charge on any atom is 0.239 e. The average molecular weight is 435 g/mol. The second-order valence-corrected chi connectivity index (χ2v) is 10.5. The lowest BCUT2D eigenvalue weighted by Crippen LogP contribution is -2.38. The maximum absolute atomic E-state index is 13.5. The van der Waals surface area contributed by atoms with E-state index < -0.39 is 9.84 Å². The highest BCUT2D eigenvalue weighted by Gasteiger charge is 2.32. The van der Waals surface area contributed by atoms with Gasteiger partial charge < -0.3 is 5.32 Å². The summed E-state index contributed by atoms with van der Waals surface area (Å²) in [6.45, 7) is 2.89. The number of hydrogen-bond acceptors (Lipinski definition) is 5. The van der Waals surface area contributed by atoms with E-state index in [0.717, 1.165) is 30.6 Å². The number of aromatic nitrogens is 2. The number of anilines is 1. The van der Waals surface area contributed by atoms with Gasteiger partial charge in [0.1, 0.15) is 11.6 Å². The number of likely N-dealkylation sites (tertiary alicyclic amines) is 1. The summed E-state index contributed by atoms with van der Waals surface area (Å²) in [5.41, 5.74) is 1.67. The molecule has 0 spiro atoms. The standard InChI is InChI=1S/C21H27FN4O3S/c1-15-10-20(26(24-15)19-7-9-30(28,29)14-19)23-21(27)13-25-8-3-6-18(25)12-16-4-2-5-17(22)11-16/h2,4-5,10-11,18-19H,3,6-9,12-14H2,1H3,(H,23,27). The molecular formula is C21H27FN4O3S. The van der Waals surface area contributed by atoms with E-state index in [-0.39, 0.29) is 41.9 Å². The minimum atomic E-state index is -3.05. The van der Waals surface area contributed by atoms with Gasteiger partial charge in [-0.05, 0) is 56.8 Å². The van der Waals surface area contributed by atoms with Crippen molar-refractivity contribution in [3.63, 3.8) is 0 Å². The summed E-state index contributed by atoms with van der Waals surface area (Å²) in [7, 11) is -3.05. The number of rotatable bonds is 6. The van der Waals surface area contributed by atoms with Crippen LogP contribution in [0.5, 0.6) is 0 Å². The lowest BCUT2D eigenvalue weighted by atomic mass is 10.0. The van der Waals surface area contributed by atoms with Gasteiger partial charge in [0.25, 0.3) is 0 Å². The van der Waals surface area contributed by atoms with Crippen LogP contribution in [0, 0.1) is 12.7 Å². The summed E-state index contributed by atoms with van der Waals surface area (Å²) in [6.07, 6.45) is 3.20. The zero-order valence-electron chi connectivity index (χ0n) is 17.1. The van der Waals surface area contributed by atoms with Gasteiger partial charge in [-0.15, -0.1) is 0 Å². The first-order valence-electron chi connectivity index (χ1n) is 10.3. The lowest BCUT2D eigenvalue weighted by Gasteiger charge is -2.24. The first-order chi connectivity index (χ1) is 14.3. The van der Waals surface area contributed by atoms with E-state index >= 15 is 0 Å². The number of aryl methyl sites for hydroxylation is 1. The van der Waals surface area contributed by atoms with Crippen LogP contribution >= 0.6 is 0 Å². The van der Waals surface area contributed by atoms with E-state index in [1.165, 1.54) is 6.07 Å². The largest absolute Gasteiger partial charge is 0.310 e. The van der Waals surface area contributed by atoms with Crippen LogP contribution < -0.4 is 5.32 Å². The van der Waals surface area contributed by atoms with Crippen LogP contribution in [0.3, 0.4) is 0 Å². The summed E-state index contributed by atoms with van der Waals surface area (Å²) in [5.74, 6) is 0.356. The van der Waals surface area contributed by atoms with E-state index in [9.17, 15) is 17.6 Å². The summed E-state index contributed by atoms with van der Waals surface area (Å²) < 4.78 is 38.8. The van der Waals surface area contributed by atoms with Crippen molar-refractivity contribution >= 4 is 21.6 Å². The molecule has 9 heteroatoms. The zero-order valence-corrected chi connectivity index (χ0v) is 17.9. The molecule has 0 bridgehead atoms. The quantitative estimate of drug-likeness (QED) is 0.754. The van der Waals surface area contributed by atoms with E-state index in [2.05, 4.69) is 15.3 Å². The molecule has 2 unspecified atom stereocenters. The Hall–Kier alpha value is -2.26. The van der Waals surface area contributed by atoms with Crippen molar-refractivity contribution < 1.29 is 17.6 Å². The summed E-state index contributed by atoms with van der Waals surface area (Å²) in [4.78, 5) is 14.9. The number of nitrogens with one attached hydrogen (secondary N) is 1. The van der Waals surface area contributed by atoms with Crippen LogP contribution in [0.1, 0.15) is 36.6 Å². The number of carbonyl (C=O) groups excluding carboxylic acids is 1. The Morgan fingerprint density at radius 3 is 2.87 bits per heavy atom. The highest BCUT2D eigenvalue weighted by molar-refractivity contribution is 7.91. The maximum atomic E-state index is 13.5. The van der Waals surface area contributed by atoms with Gasteiger partial charge in [-0.2, -0.15) is 5.10 Å². The Kier molecular flexibility index (Phi) is 5.92. The van der Waals surface area contributed by atoms with Crippen molar-refractivity contribution in [2.24, 2.45) is 0 Å². The van der Waals surface area contributed by atoms with E-state index in [0.29, 0.717) is 18.7 Å². The van der Waals surface area contributed by atoms with Gasteiger partial charge >= 0.3 is 0 Å². The molecule has 0 radical (unpaired) electrons. The number of halogens is 1. The molecule has 3 heterocycles. The Labute approximate surface area is 176 Å². The third-order valence-electron chi connectivity index (χ3n) is 5.89. The number of amides is 1. The second kappa shape index (κ2) is 8.47. The van der Waals surface area contributed by atoms with Crippen LogP contribution in [-0.4, -0.2) is 59.6 Å². The fourth-order valence-electron chi connectivity index (χ4n) is 4.49. The predicted molar refractivity (Wildman–Crippen MR) is 113 cm³/mol. The van der Waals surface area contributed by atoms with E-state index in [1.54, 1.807) is 22.9 Å². The molecule has 0 aliphatic carbocycles. The minimum absolute atomic E-state index is 0.0544. The van der Waals surface area contributed by atoms with Gasteiger partial charge in [-0.3, -0.25) is 9.69 Å². The highest BCUT2D eigenvalue weighted by atomic mass is 32.2. The normalized spacial score (nSPS) is 23.7. The van der Waals surface area contributed by atoms with Crippen LogP contribution in [0.25, 0.3) is 0 Å². The first-order valence-corrected chi connectivity index (χ1v) is 12.2. The molecule has 2 aromatic rings. The highest BCUT2D eigenvalue weighted by Crippen LogP contribution is 2.27. The SMILES string of the molecule is Cc1cc(NC(=O)CN2CCCC2Cc2cccc(F)c2)n(C2CCS(=O)(=O)C2)n1. The van der Waals surface area contributed by atoms with Crippen molar-refractivity contribution in [2.75, 3.05) is 29.9 Å². The van der Waals surface area contributed by atoms with Crippen LogP contribution in [-0.2, 0) is 21.1 Å². The second-order valence-electron chi connectivity index (χ2n) is 8.32. The molecule has 1 aromatic heterocycles. The third-order valence-corrected chi connectivity index (χ3v) is 7.64. The molecule has 30 heavy (non-hydrogen) atoms. The van der Waals surface area contributed by atoms with Crippen molar-refractivity contribution in [1.29, 1.82) is 0 Å². The van der Waals surface area contributed by atoms with Gasteiger partial charge in [0, 0.05) is 12.1 Å². The molecule has 2 aliphatic rings. The molecule has 2 aliphatic heterocycles. The molecule has 1 aromatic carbocycles. The van der Waals surface area contributed by atoms with Gasteiger partial charge in [0.2, 0.25) is 5.91 Å². The number of hydrogen-bond donors (Lipinski definition) is 1. The van der Waals surface area contributed by atoms with Crippen molar-refractivity contribution in [3.05, 3.63) is 47.4 Å². The Morgan fingerprint density at radius 2 is 2.13 bits per heavy atom. The fraction of sp³-hybridized carbons (Fsp3) is 0.524. The van der Waals surface area contributed by atoms with Crippen LogP contribution in [0.4, 0.5) is 10.2 Å².